The first-order chi connectivity index (χ1) is 11.2. The number of carbonyl (C=O) groups excluding carboxylic acids is 2. The molecule has 1 saturated heterocycles. The molecule has 2 aliphatic rings. The molecular formula is C18H15IN2O2. The highest BCUT2D eigenvalue weighted by atomic mass is 127. The number of rotatable bonds is 2. The van der Waals surface area contributed by atoms with Crippen LogP contribution >= 0.6 is 22.6 Å². The SMILES string of the molecule is O=C(c1ccccc1)N1[C@@H](CI)C[C@H]2c3ccccc3C(=O)N21. The smallest absolute Gasteiger partial charge is 0.267 e. The molecule has 116 valence electrons. The van der Waals surface area contributed by atoms with Crippen molar-refractivity contribution in [2.75, 3.05) is 4.43 Å². The molecule has 0 aromatic heterocycles. The van der Waals surface area contributed by atoms with Crippen molar-refractivity contribution in [2.24, 2.45) is 0 Å². The van der Waals surface area contributed by atoms with Crippen LogP contribution in [0.5, 0.6) is 0 Å². The van der Waals surface area contributed by atoms with Crippen LogP contribution in [0.3, 0.4) is 0 Å². The average Bonchev–Trinajstić information content (AvgIpc) is 3.11. The lowest BCUT2D eigenvalue weighted by Gasteiger charge is -2.31. The van der Waals surface area contributed by atoms with E-state index in [1.807, 2.05) is 42.5 Å². The van der Waals surface area contributed by atoms with Crippen LogP contribution in [0.4, 0.5) is 0 Å². The van der Waals surface area contributed by atoms with Crippen LogP contribution in [0.25, 0.3) is 0 Å². The molecule has 0 N–H and O–H groups in total. The van der Waals surface area contributed by atoms with Gasteiger partial charge in [0.15, 0.2) is 0 Å². The van der Waals surface area contributed by atoms with E-state index < -0.39 is 0 Å². The number of hydrogen-bond donors (Lipinski definition) is 0. The summed E-state index contributed by atoms with van der Waals surface area (Å²) in [6, 6.07) is 16.9. The van der Waals surface area contributed by atoms with Gasteiger partial charge < -0.3 is 0 Å². The second-order valence-corrected chi connectivity index (χ2v) is 6.69. The molecule has 2 heterocycles. The second-order valence-electron chi connectivity index (χ2n) is 5.81. The van der Waals surface area contributed by atoms with E-state index >= 15 is 0 Å². The number of amides is 2. The lowest BCUT2D eigenvalue weighted by molar-refractivity contribution is 0.00270. The fourth-order valence-electron chi connectivity index (χ4n) is 3.49. The van der Waals surface area contributed by atoms with Crippen molar-refractivity contribution in [1.82, 2.24) is 10.0 Å². The van der Waals surface area contributed by atoms with Crippen LogP contribution in [-0.4, -0.2) is 32.3 Å². The van der Waals surface area contributed by atoms with Crippen molar-refractivity contribution in [3.8, 4) is 0 Å². The zero-order valence-electron chi connectivity index (χ0n) is 12.4. The highest BCUT2D eigenvalue weighted by Crippen LogP contribution is 2.44. The van der Waals surface area contributed by atoms with Crippen LogP contribution in [0, 0.1) is 0 Å². The van der Waals surface area contributed by atoms with Crippen LogP contribution in [0.1, 0.15) is 38.7 Å². The largest absolute Gasteiger partial charge is 0.273 e. The van der Waals surface area contributed by atoms with E-state index in [1.165, 1.54) is 0 Å². The molecule has 0 bridgehead atoms. The van der Waals surface area contributed by atoms with Crippen LogP contribution in [0.2, 0.25) is 0 Å². The van der Waals surface area contributed by atoms with E-state index in [1.54, 1.807) is 22.2 Å². The number of benzene rings is 2. The minimum absolute atomic E-state index is 0.0221. The van der Waals surface area contributed by atoms with Gasteiger partial charge >= 0.3 is 0 Å². The monoisotopic (exact) mass is 418 g/mol. The first-order valence-corrected chi connectivity index (χ1v) is 9.12. The number of hydrazine groups is 1. The molecule has 23 heavy (non-hydrogen) atoms. The molecule has 0 unspecified atom stereocenters. The van der Waals surface area contributed by atoms with Crippen LogP contribution in [-0.2, 0) is 0 Å². The van der Waals surface area contributed by atoms with E-state index in [9.17, 15) is 9.59 Å². The van der Waals surface area contributed by atoms with Crippen molar-refractivity contribution in [2.45, 2.75) is 18.5 Å². The summed E-state index contributed by atoms with van der Waals surface area (Å²) < 4.78 is 0.804. The Labute approximate surface area is 148 Å². The fraction of sp³-hybridized carbons (Fsp3) is 0.222. The van der Waals surface area contributed by atoms with Crippen molar-refractivity contribution < 1.29 is 9.59 Å². The molecule has 2 atom stereocenters. The van der Waals surface area contributed by atoms with Gasteiger partial charge in [0.25, 0.3) is 11.8 Å². The van der Waals surface area contributed by atoms with Gasteiger partial charge in [-0.2, -0.15) is 0 Å². The highest BCUT2D eigenvalue weighted by molar-refractivity contribution is 14.1. The quantitative estimate of drug-likeness (QED) is 0.554. The molecule has 0 saturated carbocycles. The molecular weight excluding hydrogens is 403 g/mol. The Balaban J connectivity index is 1.76. The normalized spacial score (nSPS) is 22.2. The third-order valence-electron chi connectivity index (χ3n) is 4.53. The summed E-state index contributed by atoms with van der Waals surface area (Å²) in [4.78, 5) is 25.8. The molecule has 4 rings (SSSR count). The topological polar surface area (TPSA) is 40.6 Å². The Hall–Kier alpha value is -1.89. The molecule has 5 heteroatoms. The van der Waals surface area contributed by atoms with E-state index in [-0.39, 0.29) is 23.9 Å². The van der Waals surface area contributed by atoms with E-state index in [0.717, 1.165) is 22.0 Å². The maximum atomic E-state index is 13.0. The second kappa shape index (κ2) is 5.63. The van der Waals surface area contributed by atoms with Crippen molar-refractivity contribution in [3.05, 3.63) is 71.3 Å². The zero-order chi connectivity index (χ0) is 16.0. The number of carbonyl (C=O) groups is 2. The first kappa shape index (κ1) is 14.7. The summed E-state index contributed by atoms with van der Waals surface area (Å²) in [6.45, 7) is 0. The zero-order valence-corrected chi connectivity index (χ0v) is 14.5. The van der Waals surface area contributed by atoms with Gasteiger partial charge in [-0.1, -0.05) is 59.0 Å². The van der Waals surface area contributed by atoms with E-state index in [4.69, 9.17) is 0 Å². The molecule has 2 aromatic carbocycles. The maximum absolute atomic E-state index is 13.0. The lowest BCUT2D eigenvalue weighted by atomic mass is 10.0. The summed E-state index contributed by atoms with van der Waals surface area (Å²) in [6.07, 6.45) is 0.796. The number of hydrogen-bond acceptors (Lipinski definition) is 2. The Morgan fingerprint density at radius 1 is 1.09 bits per heavy atom. The number of halogens is 1. The Kier molecular flexibility index (Phi) is 3.60. The van der Waals surface area contributed by atoms with Crippen LogP contribution < -0.4 is 0 Å². The van der Waals surface area contributed by atoms with Gasteiger partial charge in [0.1, 0.15) is 0 Å². The third kappa shape index (κ3) is 2.17. The summed E-state index contributed by atoms with van der Waals surface area (Å²) in [7, 11) is 0. The molecule has 0 radical (unpaired) electrons. The molecule has 1 fully saturated rings. The predicted molar refractivity (Wildman–Crippen MR) is 95.3 cm³/mol. The average molecular weight is 418 g/mol. The summed E-state index contributed by atoms with van der Waals surface area (Å²) in [5.41, 5.74) is 2.37. The molecule has 0 spiro atoms. The van der Waals surface area contributed by atoms with Gasteiger partial charge in [0, 0.05) is 15.6 Å². The van der Waals surface area contributed by atoms with Crippen LogP contribution in [0.15, 0.2) is 54.6 Å². The predicted octanol–water partition coefficient (Wildman–Crippen LogP) is 3.45. The minimum atomic E-state index is -0.101. The van der Waals surface area contributed by atoms with Crippen molar-refractivity contribution in [3.63, 3.8) is 0 Å². The Morgan fingerprint density at radius 2 is 1.78 bits per heavy atom. The summed E-state index contributed by atoms with van der Waals surface area (Å²) >= 11 is 2.29. The first-order valence-electron chi connectivity index (χ1n) is 7.59. The Bertz CT molecular complexity index is 778. The van der Waals surface area contributed by atoms with Gasteiger partial charge in [0.05, 0.1) is 12.1 Å². The van der Waals surface area contributed by atoms with Gasteiger partial charge in [0.2, 0.25) is 0 Å². The van der Waals surface area contributed by atoms with E-state index in [0.29, 0.717) is 5.56 Å². The molecule has 0 aliphatic carbocycles. The Morgan fingerprint density at radius 3 is 2.52 bits per heavy atom. The fourth-order valence-corrected chi connectivity index (χ4v) is 4.23. The maximum Gasteiger partial charge on any atom is 0.273 e. The standard InChI is InChI=1S/C18H15IN2O2/c19-11-13-10-16-14-8-4-5-9-15(14)18(23)21(16)20(13)17(22)12-6-2-1-3-7-12/h1-9,13,16H,10-11H2/t13-,16+/m1/s1. The summed E-state index contributed by atoms with van der Waals surface area (Å²) in [5, 5.41) is 3.35. The lowest BCUT2D eigenvalue weighted by Crippen LogP contribution is -2.47. The minimum Gasteiger partial charge on any atom is -0.267 e. The molecule has 2 aromatic rings. The van der Waals surface area contributed by atoms with E-state index in [2.05, 4.69) is 22.6 Å². The summed E-state index contributed by atoms with van der Waals surface area (Å²) in [5.74, 6) is -0.168. The number of fused-ring (bicyclic) bond motifs is 3. The molecule has 2 aliphatic heterocycles. The van der Waals surface area contributed by atoms with Crippen molar-refractivity contribution in [1.29, 1.82) is 0 Å². The van der Waals surface area contributed by atoms with Crippen molar-refractivity contribution >= 4 is 34.4 Å². The third-order valence-corrected chi connectivity index (χ3v) is 5.55. The number of nitrogens with zero attached hydrogens (tertiary/aromatic N) is 2. The van der Waals surface area contributed by atoms with Gasteiger partial charge in [-0.15, -0.1) is 0 Å². The molecule has 4 nitrogen and oxygen atoms in total. The van der Waals surface area contributed by atoms with Gasteiger partial charge in [-0.3, -0.25) is 9.59 Å². The highest BCUT2D eigenvalue weighted by Gasteiger charge is 2.50. The van der Waals surface area contributed by atoms with Gasteiger partial charge in [-0.05, 0) is 30.2 Å². The molecule has 2 amide bonds. The number of alkyl halides is 1. The van der Waals surface area contributed by atoms with Gasteiger partial charge in [-0.25, -0.2) is 10.0 Å².